The Morgan fingerprint density at radius 2 is 1.86 bits per heavy atom. The van der Waals surface area contributed by atoms with Crippen LogP contribution in [0.3, 0.4) is 0 Å². The highest BCUT2D eigenvalue weighted by molar-refractivity contribution is 7.99. The highest BCUT2D eigenvalue weighted by Gasteiger charge is 2.11. The number of nitrogen functional groups attached to an aromatic ring is 1. The Morgan fingerprint density at radius 3 is 2.55 bits per heavy atom. The van der Waals surface area contributed by atoms with Crippen LogP contribution in [0.15, 0.2) is 82.7 Å². The number of amides is 1. The molecule has 1 aromatic heterocycles. The number of rotatable bonds is 6. The Kier molecular flexibility index (Phi) is 7.74. The number of hydrogen-bond acceptors (Lipinski definition) is 5. The van der Waals surface area contributed by atoms with Gasteiger partial charge in [0.15, 0.2) is 0 Å². The van der Waals surface area contributed by atoms with Gasteiger partial charge in [-0.3, -0.25) is 9.78 Å². The first-order chi connectivity index (χ1) is 13.6. The molecule has 2 aromatic carbocycles. The lowest BCUT2D eigenvalue weighted by molar-refractivity contribution is 0.0960. The van der Waals surface area contributed by atoms with Crippen LogP contribution in [0.5, 0.6) is 0 Å². The van der Waals surface area contributed by atoms with Gasteiger partial charge in [-0.15, -0.1) is 0 Å². The number of hydrogen-bond donors (Lipinski definition) is 3. The van der Waals surface area contributed by atoms with Crippen LogP contribution in [0.4, 0.5) is 5.69 Å². The third kappa shape index (κ3) is 5.56. The van der Waals surface area contributed by atoms with E-state index in [0.717, 1.165) is 15.5 Å². The Labute approximate surface area is 175 Å². The van der Waals surface area contributed by atoms with Gasteiger partial charge in [0.05, 0.1) is 17.0 Å². The van der Waals surface area contributed by atoms with Crippen molar-refractivity contribution in [1.29, 1.82) is 5.41 Å². The lowest BCUT2D eigenvalue weighted by Gasteiger charge is -2.10. The fourth-order valence-corrected chi connectivity index (χ4v) is 3.58. The number of nitrogens with two attached hydrogens (primary N) is 1. The van der Waals surface area contributed by atoms with Crippen LogP contribution in [-0.4, -0.2) is 23.7 Å². The number of allylic oxidation sites excluding steroid dienone is 1. The van der Waals surface area contributed by atoms with Gasteiger partial charge in [-0.05, 0) is 54.6 Å². The second kappa shape index (κ2) is 10.2. The molecule has 29 heavy (non-hydrogen) atoms. The number of nitrogens with one attached hydrogen (secondary N) is 2. The summed E-state index contributed by atoms with van der Waals surface area (Å²) >= 11 is 1.46. The number of benzene rings is 2. The zero-order valence-electron chi connectivity index (χ0n) is 15.3. The van der Waals surface area contributed by atoms with E-state index in [2.05, 4.69) is 10.3 Å². The van der Waals surface area contributed by atoms with Crippen molar-refractivity contribution >= 4 is 35.1 Å². The van der Waals surface area contributed by atoms with Crippen molar-refractivity contribution in [1.82, 2.24) is 10.3 Å². The minimum absolute atomic E-state index is 0. The molecule has 0 radical (unpaired) electrons. The predicted molar refractivity (Wildman–Crippen MR) is 122 cm³/mol. The van der Waals surface area contributed by atoms with E-state index in [1.165, 1.54) is 11.8 Å². The summed E-state index contributed by atoms with van der Waals surface area (Å²) < 4.78 is 0. The maximum Gasteiger partial charge on any atom is 0.252 e. The number of carbonyl (C=O) groups excluding carboxylic acids is 1. The molecule has 1 amide bonds. The van der Waals surface area contributed by atoms with Crippen molar-refractivity contribution in [3.8, 4) is 0 Å². The van der Waals surface area contributed by atoms with Crippen LogP contribution in [0.25, 0.3) is 6.08 Å². The number of pyridine rings is 1. The van der Waals surface area contributed by atoms with Crippen LogP contribution in [0.2, 0.25) is 0 Å². The number of anilines is 1. The topological polar surface area (TPSA) is 91.9 Å². The fraction of sp³-hybridized carbons (Fsp3) is 0.0870. The Hall–Kier alpha value is -3.38. The molecule has 0 atom stereocenters. The van der Waals surface area contributed by atoms with Crippen molar-refractivity contribution in [3.63, 3.8) is 0 Å². The van der Waals surface area contributed by atoms with Gasteiger partial charge < -0.3 is 16.5 Å². The first-order valence-corrected chi connectivity index (χ1v) is 9.46. The molecule has 1 heterocycles. The number of nitrogens with zero attached hydrogens (tertiary/aromatic N) is 1. The van der Waals surface area contributed by atoms with E-state index in [-0.39, 0.29) is 13.3 Å². The van der Waals surface area contributed by atoms with E-state index in [9.17, 15) is 4.79 Å². The van der Waals surface area contributed by atoms with E-state index in [4.69, 9.17) is 11.1 Å². The summed E-state index contributed by atoms with van der Waals surface area (Å²) in [5.74, 6) is -0.130. The molecule has 0 spiro atoms. The minimum atomic E-state index is -0.130. The number of carbonyl (C=O) groups is 1. The highest BCUT2D eigenvalue weighted by Crippen LogP contribution is 2.32. The predicted octanol–water partition coefficient (Wildman–Crippen LogP) is 4.89. The molecule has 0 aliphatic rings. The molecular formula is C23H24N4OS. The first-order valence-electron chi connectivity index (χ1n) is 8.65. The number of aromatic nitrogens is 1. The van der Waals surface area contributed by atoms with E-state index < -0.39 is 0 Å². The van der Waals surface area contributed by atoms with Crippen LogP contribution < -0.4 is 11.1 Å². The third-order valence-electron chi connectivity index (χ3n) is 4.01. The Morgan fingerprint density at radius 1 is 1.10 bits per heavy atom. The molecule has 148 valence electrons. The molecule has 3 rings (SSSR count). The van der Waals surface area contributed by atoms with E-state index in [1.54, 1.807) is 31.5 Å². The average molecular weight is 405 g/mol. The zero-order chi connectivity index (χ0) is 19.9. The lowest BCUT2D eigenvalue weighted by atomic mass is 10.1. The summed E-state index contributed by atoms with van der Waals surface area (Å²) in [6.45, 7) is 0. The second-order valence-corrected chi connectivity index (χ2v) is 7.04. The van der Waals surface area contributed by atoms with Crippen LogP contribution in [-0.2, 0) is 0 Å². The molecule has 3 aromatic rings. The van der Waals surface area contributed by atoms with Crippen molar-refractivity contribution in [2.45, 2.75) is 17.2 Å². The summed E-state index contributed by atoms with van der Waals surface area (Å²) in [6, 6.07) is 18.6. The normalized spacial score (nSPS) is 10.4. The summed E-state index contributed by atoms with van der Waals surface area (Å²) in [6.07, 6.45) is 5.17. The first kappa shape index (κ1) is 21.9. The summed E-state index contributed by atoms with van der Waals surface area (Å²) in [4.78, 5) is 18.0. The average Bonchev–Trinajstić information content (AvgIpc) is 2.73. The zero-order valence-corrected chi connectivity index (χ0v) is 16.2. The summed E-state index contributed by atoms with van der Waals surface area (Å²) in [7, 11) is 1.61. The van der Waals surface area contributed by atoms with Crippen molar-refractivity contribution in [2.75, 3.05) is 12.8 Å². The fourth-order valence-electron chi connectivity index (χ4n) is 2.59. The summed E-state index contributed by atoms with van der Waals surface area (Å²) in [5.41, 5.74) is 9.05. The molecule has 0 unspecified atom stereocenters. The quantitative estimate of drug-likeness (QED) is 0.403. The molecule has 6 heteroatoms. The SMILES string of the molecule is C.CNC(=O)c1ccccc1Sc1ccc(C(=N)/C=C/c2ccccn2)c(N)c1. The maximum absolute atomic E-state index is 12.0. The van der Waals surface area contributed by atoms with Gasteiger partial charge in [-0.1, -0.05) is 37.4 Å². The van der Waals surface area contributed by atoms with Crippen molar-refractivity contribution < 1.29 is 4.79 Å². The molecule has 0 fully saturated rings. The smallest absolute Gasteiger partial charge is 0.252 e. The Balaban J connectivity index is 0.00000300. The van der Waals surface area contributed by atoms with Crippen LogP contribution in [0.1, 0.15) is 29.0 Å². The minimum Gasteiger partial charge on any atom is -0.398 e. The monoisotopic (exact) mass is 404 g/mol. The van der Waals surface area contributed by atoms with Gasteiger partial charge in [-0.2, -0.15) is 0 Å². The maximum atomic E-state index is 12.0. The molecule has 0 bridgehead atoms. The van der Waals surface area contributed by atoms with Crippen LogP contribution in [0, 0.1) is 5.41 Å². The van der Waals surface area contributed by atoms with Gasteiger partial charge in [-0.25, -0.2) is 0 Å². The van der Waals surface area contributed by atoms with Crippen molar-refractivity contribution in [2.24, 2.45) is 0 Å². The molecule has 0 saturated carbocycles. The standard InChI is InChI=1S/C22H20N4OS.CH4/c1-25-22(27)18-7-2-3-8-21(18)28-16-10-11-17(20(24)14-16)19(23)12-9-15-6-4-5-13-26-15;/h2-14,23H,24H2,1H3,(H,25,27);1H4/b12-9+,23-19?;. The van der Waals surface area contributed by atoms with E-state index >= 15 is 0 Å². The van der Waals surface area contributed by atoms with Gasteiger partial charge in [0, 0.05) is 34.3 Å². The van der Waals surface area contributed by atoms with Crippen molar-refractivity contribution in [3.05, 3.63) is 89.8 Å². The van der Waals surface area contributed by atoms with Gasteiger partial charge in [0.2, 0.25) is 0 Å². The summed E-state index contributed by atoms with van der Waals surface area (Å²) in [5, 5.41) is 10.9. The highest BCUT2D eigenvalue weighted by atomic mass is 32.2. The molecule has 0 aliphatic heterocycles. The molecule has 0 aliphatic carbocycles. The Bertz CT molecular complexity index is 1030. The lowest BCUT2D eigenvalue weighted by Crippen LogP contribution is -2.18. The van der Waals surface area contributed by atoms with Gasteiger partial charge in [0.25, 0.3) is 5.91 Å². The van der Waals surface area contributed by atoms with Gasteiger partial charge >= 0.3 is 0 Å². The second-order valence-electron chi connectivity index (χ2n) is 5.93. The van der Waals surface area contributed by atoms with E-state index in [1.807, 2.05) is 54.6 Å². The molecule has 0 saturated heterocycles. The third-order valence-corrected chi connectivity index (χ3v) is 5.07. The largest absolute Gasteiger partial charge is 0.398 e. The van der Waals surface area contributed by atoms with Gasteiger partial charge in [0.1, 0.15) is 0 Å². The molecule has 4 N–H and O–H groups in total. The van der Waals surface area contributed by atoms with E-state index in [0.29, 0.717) is 22.5 Å². The molecule has 5 nitrogen and oxygen atoms in total. The van der Waals surface area contributed by atoms with Crippen LogP contribution >= 0.6 is 11.8 Å². The molecular weight excluding hydrogens is 380 g/mol.